The van der Waals surface area contributed by atoms with Crippen LogP contribution in [0.1, 0.15) is 62.2 Å². The number of hydrogen-bond donors (Lipinski definition) is 0. The van der Waals surface area contributed by atoms with Crippen molar-refractivity contribution in [1.82, 2.24) is 10.1 Å². The van der Waals surface area contributed by atoms with Crippen LogP contribution in [0.4, 0.5) is 5.69 Å². The maximum absolute atomic E-state index is 12.8. The standard InChI is InChI=1S/C23H31N3O3/c1-4-26(18-8-6-5-7-9-18)19-15-23(28-16-19)10-12-25(13-11-23)22(27)21-14-20(17(2)3)24-29-21/h5-9,14,17,19H,4,10-13,15-16H2,1-3H3/t19-/m0/s1. The van der Waals surface area contributed by atoms with E-state index in [1.165, 1.54) is 5.69 Å². The number of ether oxygens (including phenoxy) is 1. The van der Waals surface area contributed by atoms with Crippen molar-refractivity contribution < 1.29 is 14.1 Å². The molecule has 3 heterocycles. The fourth-order valence-corrected chi connectivity index (χ4v) is 4.57. The lowest BCUT2D eigenvalue weighted by Crippen LogP contribution is -2.47. The number of hydrogen-bond acceptors (Lipinski definition) is 5. The quantitative estimate of drug-likeness (QED) is 0.761. The van der Waals surface area contributed by atoms with E-state index in [1.807, 2.05) is 18.7 Å². The molecule has 2 aliphatic heterocycles. The molecule has 1 spiro atoms. The van der Waals surface area contributed by atoms with Gasteiger partial charge in [0.1, 0.15) is 0 Å². The summed E-state index contributed by atoms with van der Waals surface area (Å²) < 4.78 is 11.6. The molecule has 2 fully saturated rings. The van der Waals surface area contributed by atoms with E-state index in [1.54, 1.807) is 6.07 Å². The molecule has 0 radical (unpaired) electrons. The Balaban J connectivity index is 1.37. The van der Waals surface area contributed by atoms with Crippen LogP contribution in [0.25, 0.3) is 0 Å². The SMILES string of the molecule is CCN(c1ccccc1)[C@@H]1COC2(CCN(C(=O)c3cc(C(C)C)no3)CC2)C1. The molecule has 29 heavy (non-hydrogen) atoms. The number of nitrogens with zero attached hydrogens (tertiary/aromatic N) is 3. The van der Waals surface area contributed by atoms with Crippen LogP contribution in [0.2, 0.25) is 0 Å². The second-order valence-corrected chi connectivity index (χ2v) is 8.54. The first kappa shape index (κ1) is 20.0. The van der Waals surface area contributed by atoms with Crippen molar-refractivity contribution in [3.05, 3.63) is 47.9 Å². The van der Waals surface area contributed by atoms with Crippen LogP contribution in [-0.4, -0.2) is 53.8 Å². The molecule has 2 aromatic rings. The van der Waals surface area contributed by atoms with Gasteiger partial charge < -0.3 is 19.1 Å². The molecule has 6 nitrogen and oxygen atoms in total. The van der Waals surface area contributed by atoms with Gasteiger partial charge in [0, 0.05) is 31.4 Å². The molecular weight excluding hydrogens is 366 g/mol. The predicted molar refractivity (Wildman–Crippen MR) is 112 cm³/mol. The lowest BCUT2D eigenvalue weighted by Gasteiger charge is -2.38. The third-order valence-corrected chi connectivity index (χ3v) is 6.35. The van der Waals surface area contributed by atoms with Crippen LogP contribution < -0.4 is 4.90 Å². The predicted octanol–water partition coefficient (Wildman–Crippen LogP) is 4.09. The molecule has 4 rings (SSSR count). The van der Waals surface area contributed by atoms with Gasteiger partial charge in [-0.2, -0.15) is 0 Å². The monoisotopic (exact) mass is 397 g/mol. The van der Waals surface area contributed by atoms with E-state index >= 15 is 0 Å². The number of benzene rings is 1. The first-order valence-corrected chi connectivity index (χ1v) is 10.7. The Bertz CT molecular complexity index is 825. The molecule has 0 N–H and O–H groups in total. The van der Waals surface area contributed by atoms with Crippen LogP contribution in [0.5, 0.6) is 0 Å². The number of amides is 1. The summed E-state index contributed by atoms with van der Waals surface area (Å²) in [5, 5.41) is 4.02. The lowest BCUT2D eigenvalue weighted by atomic mass is 9.87. The second-order valence-electron chi connectivity index (χ2n) is 8.54. The van der Waals surface area contributed by atoms with E-state index in [9.17, 15) is 4.79 Å². The fourth-order valence-electron chi connectivity index (χ4n) is 4.57. The Hall–Kier alpha value is -2.34. The summed E-state index contributed by atoms with van der Waals surface area (Å²) in [4.78, 5) is 17.1. The van der Waals surface area contributed by atoms with Crippen molar-refractivity contribution in [2.45, 2.75) is 57.6 Å². The van der Waals surface area contributed by atoms with E-state index < -0.39 is 0 Å². The molecule has 0 unspecified atom stereocenters. The van der Waals surface area contributed by atoms with Crippen molar-refractivity contribution in [2.24, 2.45) is 0 Å². The summed E-state index contributed by atoms with van der Waals surface area (Å²) in [5.41, 5.74) is 1.96. The topological polar surface area (TPSA) is 58.8 Å². The number of piperidine rings is 1. The maximum atomic E-state index is 12.8. The molecule has 0 aliphatic carbocycles. The van der Waals surface area contributed by atoms with Gasteiger partial charge in [-0.3, -0.25) is 4.79 Å². The van der Waals surface area contributed by atoms with Gasteiger partial charge in [0.2, 0.25) is 5.76 Å². The number of para-hydroxylation sites is 1. The molecule has 1 aromatic heterocycles. The molecule has 1 amide bonds. The number of carbonyl (C=O) groups is 1. The van der Waals surface area contributed by atoms with Gasteiger partial charge in [-0.05, 0) is 44.2 Å². The molecule has 2 aliphatic rings. The summed E-state index contributed by atoms with van der Waals surface area (Å²) >= 11 is 0. The number of anilines is 1. The summed E-state index contributed by atoms with van der Waals surface area (Å²) in [6, 6.07) is 12.7. The fraction of sp³-hybridized carbons (Fsp3) is 0.565. The van der Waals surface area contributed by atoms with E-state index in [4.69, 9.17) is 9.26 Å². The number of carbonyl (C=O) groups excluding carboxylic acids is 1. The highest BCUT2D eigenvalue weighted by Gasteiger charge is 2.45. The zero-order valence-electron chi connectivity index (χ0n) is 17.6. The van der Waals surface area contributed by atoms with E-state index in [-0.39, 0.29) is 17.4 Å². The Morgan fingerprint density at radius 1 is 1.28 bits per heavy atom. The molecule has 2 saturated heterocycles. The van der Waals surface area contributed by atoms with Crippen molar-refractivity contribution >= 4 is 11.6 Å². The Labute approximate surface area is 172 Å². The van der Waals surface area contributed by atoms with Crippen LogP contribution in [0.15, 0.2) is 40.9 Å². The Morgan fingerprint density at radius 3 is 2.62 bits per heavy atom. The molecule has 156 valence electrons. The summed E-state index contributed by atoms with van der Waals surface area (Å²) in [7, 11) is 0. The lowest BCUT2D eigenvalue weighted by molar-refractivity contribution is -0.0393. The summed E-state index contributed by atoms with van der Waals surface area (Å²) in [6.45, 7) is 9.38. The summed E-state index contributed by atoms with van der Waals surface area (Å²) in [5.74, 6) is 0.532. The highest BCUT2D eigenvalue weighted by Crippen LogP contribution is 2.39. The Kier molecular flexibility index (Phi) is 5.63. The van der Waals surface area contributed by atoms with Crippen molar-refractivity contribution in [3.8, 4) is 0 Å². The first-order valence-electron chi connectivity index (χ1n) is 10.7. The zero-order valence-corrected chi connectivity index (χ0v) is 17.6. The normalized spacial score (nSPS) is 21.1. The molecule has 0 bridgehead atoms. The molecule has 0 saturated carbocycles. The minimum atomic E-state index is -0.117. The van der Waals surface area contributed by atoms with Gasteiger partial charge in [0.15, 0.2) is 0 Å². The van der Waals surface area contributed by atoms with Gasteiger partial charge >= 0.3 is 0 Å². The maximum Gasteiger partial charge on any atom is 0.292 e. The minimum Gasteiger partial charge on any atom is -0.373 e. The van der Waals surface area contributed by atoms with Crippen LogP contribution in [-0.2, 0) is 4.74 Å². The molecular formula is C23H31N3O3. The van der Waals surface area contributed by atoms with Crippen molar-refractivity contribution in [3.63, 3.8) is 0 Å². The van der Waals surface area contributed by atoms with Gasteiger partial charge in [0.05, 0.1) is 23.9 Å². The largest absolute Gasteiger partial charge is 0.373 e. The number of likely N-dealkylation sites (N-methyl/N-ethyl adjacent to an activating group) is 1. The first-order chi connectivity index (χ1) is 14.0. The van der Waals surface area contributed by atoms with Crippen LogP contribution in [0, 0.1) is 0 Å². The van der Waals surface area contributed by atoms with Gasteiger partial charge in [-0.1, -0.05) is 37.2 Å². The van der Waals surface area contributed by atoms with Gasteiger partial charge in [-0.15, -0.1) is 0 Å². The Morgan fingerprint density at radius 2 is 2.00 bits per heavy atom. The number of rotatable bonds is 5. The minimum absolute atomic E-state index is 0.0618. The van der Waals surface area contributed by atoms with E-state index in [0.29, 0.717) is 24.9 Å². The van der Waals surface area contributed by atoms with Crippen LogP contribution >= 0.6 is 0 Å². The molecule has 6 heteroatoms. The number of aromatic nitrogens is 1. The van der Waals surface area contributed by atoms with E-state index in [2.05, 4.69) is 47.3 Å². The van der Waals surface area contributed by atoms with E-state index in [0.717, 1.165) is 38.1 Å². The molecule has 1 atom stereocenters. The van der Waals surface area contributed by atoms with Crippen molar-refractivity contribution in [2.75, 3.05) is 31.1 Å². The molecule has 1 aromatic carbocycles. The third-order valence-electron chi connectivity index (χ3n) is 6.35. The number of likely N-dealkylation sites (tertiary alicyclic amines) is 1. The smallest absolute Gasteiger partial charge is 0.292 e. The zero-order chi connectivity index (χ0) is 20.4. The average Bonchev–Trinajstić information content (AvgIpc) is 3.38. The van der Waals surface area contributed by atoms with Gasteiger partial charge in [0.25, 0.3) is 5.91 Å². The van der Waals surface area contributed by atoms with Crippen molar-refractivity contribution in [1.29, 1.82) is 0 Å². The highest BCUT2D eigenvalue weighted by atomic mass is 16.5. The highest BCUT2D eigenvalue weighted by molar-refractivity contribution is 5.91. The van der Waals surface area contributed by atoms with Gasteiger partial charge in [-0.25, -0.2) is 0 Å². The average molecular weight is 398 g/mol. The van der Waals surface area contributed by atoms with Crippen LogP contribution in [0.3, 0.4) is 0 Å². The second kappa shape index (κ2) is 8.19. The summed E-state index contributed by atoms with van der Waals surface area (Å²) in [6.07, 6.45) is 2.75. The third kappa shape index (κ3) is 4.04.